The zero-order valence-corrected chi connectivity index (χ0v) is 16.8. The van der Waals surface area contributed by atoms with Crippen LogP contribution in [0.3, 0.4) is 0 Å². The number of likely N-dealkylation sites (N-methyl/N-ethyl adjacent to an activating group) is 1. The first-order valence-corrected chi connectivity index (χ1v) is 10.1. The van der Waals surface area contributed by atoms with E-state index in [9.17, 15) is 9.59 Å². The van der Waals surface area contributed by atoms with Crippen molar-refractivity contribution in [3.63, 3.8) is 0 Å². The van der Waals surface area contributed by atoms with Gasteiger partial charge in [-0.1, -0.05) is 13.8 Å². The number of carbonyl (C=O) groups excluding carboxylic acids is 2. The summed E-state index contributed by atoms with van der Waals surface area (Å²) in [6, 6.07) is 8.18. The molecule has 0 saturated carbocycles. The van der Waals surface area contributed by atoms with E-state index in [2.05, 4.69) is 48.1 Å². The molecule has 27 heavy (non-hydrogen) atoms. The Labute approximate surface area is 162 Å². The van der Waals surface area contributed by atoms with Crippen molar-refractivity contribution in [2.45, 2.75) is 26.7 Å². The Balaban J connectivity index is 1.56. The summed E-state index contributed by atoms with van der Waals surface area (Å²) in [5.74, 6) is 0.347. The first kappa shape index (κ1) is 19.7. The highest BCUT2D eigenvalue weighted by Gasteiger charge is 2.35. The summed E-state index contributed by atoms with van der Waals surface area (Å²) >= 11 is 0. The number of hydrogen-bond acceptors (Lipinski definition) is 4. The average Bonchev–Trinajstić information content (AvgIpc) is 3.04. The van der Waals surface area contributed by atoms with Gasteiger partial charge in [-0.3, -0.25) is 9.59 Å². The molecular weight excluding hydrogens is 340 g/mol. The third-order valence-corrected chi connectivity index (χ3v) is 5.55. The van der Waals surface area contributed by atoms with Gasteiger partial charge < -0.3 is 20.0 Å². The lowest BCUT2D eigenvalue weighted by Crippen LogP contribution is -2.44. The summed E-state index contributed by atoms with van der Waals surface area (Å²) in [5.41, 5.74) is 2.08. The minimum Gasteiger partial charge on any atom is -0.369 e. The number of nitrogens with zero attached hydrogens (tertiary/aromatic N) is 3. The van der Waals surface area contributed by atoms with Crippen LogP contribution in [-0.2, 0) is 9.59 Å². The molecule has 3 rings (SSSR count). The Kier molecular flexibility index (Phi) is 6.37. The highest BCUT2D eigenvalue weighted by molar-refractivity contribution is 6.00. The van der Waals surface area contributed by atoms with Crippen LogP contribution in [0.25, 0.3) is 0 Å². The van der Waals surface area contributed by atoms with Crippen molar-refractivity contribution in [1.29, 1.82) is 0 Å². The van der Waals surface area contributed by atoms with Crippen molar-refractivity contribution in [2.75, 3.05) is 56.1 Å². The van der Waals surface area contributed by atoms with Crippen LogP contribution in [0.2, 0.25) is 0 Å². The molecule has 2 aliphatic heterocycles. The van der Waals surface area contributed by atoms with Crippen molar-refractivity contribution < 1.29 is 9.59 Å². The van der Waals surface area contributed by atoms with Crippen LogP contribution in [0.5, 0.6) is 0 Å². The topological polar surface area (TPSA) is 55.9 Å². The van der Waals surface area contributed by atoms with Gasteiger partial charge >= 0.3 is 0 Å². The maximum atomic E-state index is 12.4. The molecule has 1 aromatic rings. The summed E-state index contributed by atoms with van der Waals surface area (Å²) in [6.45, 7) is 9.62. The number of benzene rings is 1. The van der Waals surface area contributed by atoms with Gasteiger partial charge in [-0.15, -0.1) is 0 Å². The fourth-order valence-corrected chi connectivity index (χ4v) is 3.67. The Hall–Kier alpha value is -2.08. The molecule has 0 bridgehead atoms. The second kappa shape index (κ2) is 8.74. The zero-order valence-electron chi connectivity index (χ0n) is 16.8. The van der Waals surface area contributed by atoms with Crippen molar-refractivity contribution in [3.8, 4) is 0 Å². The normalized spacial score (nSPS) is 21.2. The summed E-state index contributed by atoms with van der Waals surface area (Å²) in [4.78, 5) is 31.2. The maximum absolute atomic E-state index is 12.4. The summed E-state index contributed by atoms with van der Waals surface area (Å²) in [5, 5.41) is 2.98. The summed E-state index contributed by atoms with van der Waals surface area (Å²) < 4.78 is 0. The van der Waals surface area contributed by atoms with E-state index in [-0.39, 0.29) is 17.7 Å². The molecule has 1 aromatic carbocycles. The number of anilines is 2. The third-order valence-electron chi connectivity index (χ3n) is 5.55. The van der Waals surface area contributed by atoms with Gasteiger partial charge in [-0.25, -0.2) is 0 Å². The van der Waals surface area contributed by atoms with Crippen LogP contribution < -0.4 is 15.1 Å². The highest BCUT2D eigenvalue weighted by atomic mass is 16.2. The van der Waals surface area contributed by atoms with Crippen LogP contribution in [-0.4, -0.2) is 63.0 Å². The van der Waals surface area contributed by atoms with Crippen molar-refractivity contribution >= 4 is 23.2 Å². The number of nitrogens with one attached hydrogen (secondary N) is 1. The number of piperazine rings is 1. The van der Waals surface area contributed by atoms with Crippen molar-refractivity contribution in [2.24, 2.45) is 11.8 Å². The highest BCUT2D eigenvalue weighted by Crippen LogP contribution is 2.27. The minimum atomic E-state index is -0.248. The number of hydrogen-bond donors (Lipinski definition) is 1. The number of carbonyl (C=O) groups is 2. The largest absolute Gasteiger partial charge is 0.369 e. The fraction of sp³-hybridized carbons (Fsp3) is 0.619. The van der Waals surface area contributed by atoms with E-state index in [0.717, 1.165) is 38.3 Å². The molecule has 6 nitrogen and oxygen atoms in total. The van der Waals surface area contributed by atoms with E-state index in [1.165, 1.54) is 5.69 Å². The molecule has 1 unspecified atom stereocenters. The molecule has 2 fully saturated rings. The lowest BCUT2D eigenvalue weighted by Gasteiger charge is -2.34. The second-order valence-electron chi connectivity index (χ2n) is 8.19. The van der Waals surface area contributed by atoms with Gasteiger partial charge in [0.15, 0.2) is 0 Å². The third kappa shape index (κ3) is 5.01. The predicted molar refractivity (Wildman–Crippen MR) is 109 cm³/mol. The van der Waals surface area contributed by atoms with E-state index in [1.807, 2.05) is 12.1 Å². The minimum absolute atomic E-state index is 0.000515. The average molecular weight is 373 g/mol. The van der Waals surface area contributed by atoms with Gasteiger partial charge in [0.2, 0.25) is 11.8 Å². The van der Waals surface area contributed by atoms with E-state index in [1.54, 1.807) is 4.90 Å². The molecule has 0 radical (unpaired) electrons. The molecule has 1 atom stereocenters. The van der Waals surface area contributed by atoms with Gasteiger partial charge in [-0.05, 0) is 43.7 Å². The first-order chi connectivity index (χ1) is 12.9. The second-order valence-corrected chi connectivity index (χ2v) is 8.19. The molecular formula is C21H32N4O2. The zero-order chi connectivity index (χ0) is 19.4. The molecule has 148 valence electrons. The summed E-state index contributed by atoms with van der Waals surface area (Å²) in [6.07, 6.45) is 1.26. The molecule has 2 aliphatic rings. The SMILES string of the molecule is CC(C)CCNC(=O)C1CC(=O)N(c2ccc(N3CCN(C)CC3)cc2)C1. The Morgan fingerprint density at radius 1 is 1.11 bits per heavy atom. The predicted octanol–water partition coefficient (Wildman–Crippen LogP) is 1.95. The van der Waals surface area contributed by atoms with Gasteiger partial charge in [0.05, 0.1) is 5.92 Å². The van der Waals surface area contributed by atoms with Crippen LogP contribution in [0.4, 0.5) is 11.4 Å². The number of amides is 2. The van der Waals surface area contributed by atoms with Crippen molar-refractivity contribution in [1.82, 2.24) is 10.2 Å². The van der Waals surface area contributed by atoms with Crippen LogP contribution in [0.15, 0.2) is 24.3 Å². The van der Waals surface area contributed by atoms with Gasteiger partial charge in [0.25, 0.3) is 0 Å². The van der Waals surface area contributed by atoms with Gasteiger partial charge in [0.1, 0.15) is 0 Å². The van der Waals surface area contributed by atoms with Crippen molar-refractivity contribution in [3.05, 3.63) is 24.3 Å². The molecule has 2 saturated heterocycles. The molecule has 6 heteroatoms. The molecule has 1 N–H and O–H groups in total. The van der Waals surface area contributed by atoms with Crippen LogP contribution in [0.1, 0.15) is 26.7 Å². The first-order valence-electron chi connectivity index (χ1n) is 10.1. The quantitative estimate of drug-likeness (QED) is 0.829. The van der Waals surface area contributed by atoms with E-state index >= 15 is 0 Å². The lowest BCUT2D eigenvalue weighted by molar-refractivity contribution is -0.126. The van der Waals surface area contributed by atoms with E-state index < -0.39 is 0 Å². The van der Waals surface area contributed by atoms with E-state index in [0.29, 0.717) is 25.4 Å². The lowest BCUT2D eigenvalue weighted by atomic mass is 10.1. The van der Waals surface area contributed by atoms with Gasteiger partial charge in [0, 0.05) is 57.1 Å². The van der Waals surface area contributed by atoms with E-state index in [4.69, 9.17) is 0 Å². The number of rotatable bonds is 6. The standard InChI is InChI=1S/C21H32N4O2/c1-16(2)8-9-22-21(27)17-14-20(26)25(15-17)19-6-4-18(5-7-19)24-12-10-23(3)11-13-24/h4-7,16-17H,8-15H2,1-3H3,(H,22,27). The van der Waals surface area contributed by atoms with Gasteiger partial charge in [-0.2, -0.15) is 0 Å². The Morgan fingerprint density at radius 2 is 1.74 bits per heavy atom. The van der Waals surface area contributed by atoms with Crippen LogP contribution in [0, 0.1) is 11.8 Å². The molecule has 2 amide bonds. The fourth-order valence-electron chi connectivity index (χ4n) is 3.67. The molecule has 2 heterocycles. The maximum Gasteiger partial charge on any atom is 0.227 e. The Bertz CT molecular complexity index is 651. The monoisotopic (exact) mass is 372 g/mol. The smallest absolute Gasteiger partial charge is 0.227 e. The Morgan fingerprint density at radius 3 is 2.37 bits per heavy atom. The molecule has 0 spiro atoms. The summed E-state index contributed by atoms with van der Waals surface area (Å²) in [7, 11) is 2.15. The molecule has 0 aliphatic carbocycles. The van der Waals surface area contributed by atoms with Crippen LogP contribution >= 0.6 is 0 Å². The molecule has 0 aromatic heterocycles.